The van der Waals surface area contributed by atoms with Crippen LogP contribution in [0.4, 0.5) is 11.4 Å². The summed E-state index contributed by atoms with van der Waals surface area (Å²) in [6.45, 7) is 3.65. The SMILES string of the molecule is COc1ccccc1N1CCN(C(=O)CCNc2ccccc2Cl)CC1. The van der Waals surface area contributed by atoms with Crippen molar-refractivity contribution in [3.05, 3.63) is 53.6 Å². The molecule has 0 aromatic heterocycles. The molecule has 2 aromatic carbocycles. The third kappa shape index (κ3) is 4.41. The normalized spacial score (nSPS) is 14.2. The molecule has 0 atom stereocenters. The van der Waals surface area contributed by atoms with E-state index in [4.69, 9.17) is 16.3 Å². The Balaban J connectivity index is 1.47. The van der Waals surface area contributed by atoms with Gasteiger partial charge in [0.1, 0.15) is 5.75 Å². The first-order valence-corrected chi connectivity index (χ1v) is 9.21. The number of halogens is 1. The Morgan fingerprint density at radius 2 is 1.77 bits per heavy atom. The summed E-state index contributed by atoms with van der Waals surface area (Å²) in [7, 11) is 1.69. The number of piperazine rings is 1. The summed E-state index contributed by atoms with van der Waals surface area (Å²) in [4.78, 5) is 16.6. The number of amides is 1. The standard InChI is InChI=1S/C20H24ClN3O2/c1-26-19-9-5-4-8-18(19)23-12-14-24(15-13-23)20(25)10-11-22-17-7-3-2-6-16(17)21/h2-9,22H,10-15H2,1H3. The maximum absolute atomic E-state index is 12.4. The Kier molecular flexibility index (Phi) is 6.23. The lowest BCUT2D eigenvalue weighted by Crippen LogP contribution is -2.49. The van der Waals surface area contributed by atoms with Gasteiger partial charge >= 0.3 is 0 Å². The number of ether oxygens (including phenoxy) is 1. The minimum absolute atomic E-state index is 0.171. The number of para-hydroxylation sites is 3. The predicted molar refractivity (Wildman–Crippen MR) is 106 cm³/mol. The number of hydrogen-bond acceptors (Lipinski definition) is 4. The minimum atomic E-state index is 0.171. The molecule has 1 amide bonds. The summed E-state index contributed by atoms with van der Waals surface area (Å²) in [5, 5.41) is 3.90. The molecule has 1 heterocycles. The van der Waals surface area contributed by atoms with Crippen LogP contribution in [0.25, 0.3) is 0 Å². The average molecular weight is 374 g/mol. The van der Waals surface area contributed by atoms with Gasteiger partial charge < -0.3 is 19.9 Å². The molecule has 0 bridgehead atoms. The molecule has 138 valence electrons. The quantitative estimate of drug-likeness (QED) is 0.841. The summed E-state index contributed by atoms with van der Waals surface area (Å²) in [6, 6.07) is 15.6. The van der Waals surface area contributed by atoms with Crippen LogP contribution in [-0.4, -0.2) is 50.6 Å². The van der Waals surface area contributed by atoms with E-state index in [2.05, 4.69) is 16.3 Å². The van der Waals surface area contributed by atoms with E-state index in [0.29, 0.717) is 18.0 Å². The number of carbonyl (C=O) groups is 1. The zero-order valence-corrected chi connectivity index (χ0v) is 15.7. The third-order valence-electron chi connectivity index (χ3n) is 4.59. The molecule has 0 aliphatic carbocycles. The highest BCUT2D eigenvalue weighted by atomic mass is 35.5. The number of nitrogens with zero attached hydrogens (tertiary/aromatic N) is 2. The molecule has 0 radical (unpaired) electrons. The number of anilines is 2. The van der Waals surface area contributed by atoms with Crippen LogP contribution < -0.4 is 15.0 Å². The fourth-order valence-electron chi connectivity index (χ4n) is 3.15. The average Bonchev–Trinajstić information content (AvgIpc) is 2.69. The lowest BCUT2D eigenvalue weighted by Gasteiger charge is -2.36. The van der Waals surface area contributed by atoms with Crippen molar-refractivity contribution in [3.63, 3.8) is 0 Å². The Labute approximate surface area is 159 Å². The summed E-state index contributed by atoms with van der Waals surface area (Å²) in [5.41, 5.74) is 1.95. The Bertz CT molecular complexity index is 745. The van der Waals surface area contributed by atoms with Gasteiger partial charge in [0, 0.05) is 39.1 Å². The van der Waals surface area contributed by atoms with Crippen molar-refractivity contribution in [1.82, 2.24) is 4.90 Å². The molecule has 1 aliphatic heterocycles. The smallest absolute Gasteiger partial charge is 0.224 e. The molecular weight excluding hydrogens is 350 g/mol. The van der Waals surface area contributed by atoms with Crippen molar-refractivity contribution in [2.75, 3.05) is 50.1 Å². The van der Waals surface area contributed by atoms with Crippen molar-refractivity contribution < 1.29 is 9.53 Å². The molecule has 0 spiro atoms. The summed E-state index contributed by atoms with van der Waals surface area (Å²) >= 11 is 6.11. The van der Waals surface area contributed by atoms with Gasteiger partial charge in [-0.15, -0.1) is 0 Å². The molecule has 0 saturated carbocycles. The second-order valence-corrected chi connectivity index (χ2v) is 6.60. The fourth-order valence-corrected chi connectivity index (χ4v) is 3.36. The number of hydrogen-bond donors (Lipinski definition) is 1. The molecule has 2 aromatic rings. The highest BCUT2D eigenvalue weighted by Gasteiger charge is 2.22. The van der Waals surface area contributed by atoms with Crippen molar-refractivity contribution in [1.29, 1.82) is 0 Å². The largest absolute Gasteiger partial charge is 0.495 e. The molecule has 1 fully saturated rings. The molecule has 26 heavy (non-hydrogen) atoms. The van der Waals surface area contributed by atoms with Gasteiger partial charge in [0.2, 0.25) is 5.91 Å². The van der Waals surface area contributed by atoms with Crippen LogP contribution in [0.15, 0.2) is 48.5 Å². The van der Waals surface area contributed by atoms with Crippen LogP contribution in [0.3, 0.4) is 0 Å². The monoisotopic (exact) mass is 373 g/mol. The lowest BCUT2D eigenvalue weighted by molar-refractivity contribution is -0.131. The molecule has 5 nitrogen and oxygen atoms in total. The van der Waals surface area contributed by atoms with E-state index < -0.39 is 0 Å². The van der Waals surface area contributed by atoms with Gasteiger partial charge in [-0.2, -0.15) is 0 Å². The molecule has 0 unspecified atom stereocenters. The number of carbonyl (C=O) groups excluding carboxylic acids is 1. The molecule has 1 N–H and O–H groups in total. The fraction of sp³-hybridized carbons (Fsp3) is 0.350. The first-order valence-electron chi connectivity index (χ1n) is 8.83. The Morgan fingerprint density at radius 1 is 1.08 bits per heavy atom. The van der Waals surface area contributed by atoms with Crippen LogP contribution >= 0.6 is 11.6 Å². The van der Waals surface area contributed by atoms with E-state index in [0.717, 1.165) is 43.3 Å². The van der Waals surface area contributed by atoms with Gasteiger partial charge in [0.15, 0.2) is 0 Å². The van der Waals surface area contributed by atoms with E-state index in [-0.39, 0.29) is 5.91 Å². The van der Waals surface area contributed by atoms with Crippen molar-refractivity contribution in [2.24, 2.45) is 0 Å². The van der Waals surface area contributed by atoms with Crippen LogP contribution in [0.2, 0.25) is 5.02 Å². The van der Waals surface area contributed by atoms with Crippen LogP contribution in [0.1, 0.15) is 6.42 Å². The molecular formula is C20H24ClN3O2. The molecule has 1 saturated heterocycles. The second kappa shape index (κ2) is 8.81. The highest BCUT2D eigenvalue weighted by molar-refractivity contribution is 6.33. The molecule has 1 aliphatic rings. The summed E-state index contributed by atoms with van der Waals surface area (Å²) in [5.74, 6) is 1.04. The Morgan fingerprint density at radius 3 is 2.50 bits per heavy atom. The van der Waals surface area contributed by atoms with Crippen LogP contribution in [-0.2, 0) is 4.79 Å². The zero-order valence-electron chi connectivity index (χ0n) is 15.0. The van der Waals surface area contributed by atoms with Crippen LogP contribution in [0, 0.1) is 0 Å². The first-order chi connectivity index (χ1) is 12.7. The summed E-state index contributed by atoms with van der Waals surface area (Å²) in [6.07, 6.45) is 0.458. The second-order valence-electron chi connectivity index (χ2n) is 6.20. The molecule has 3 rings (SSSR count). The van der Waals surface area contributed by atoms with E-state index in [1.54, 1.807) is 7.11 Å². The van der Waals surface area contributed by atoms with Gasteiger partial charge in [-0.25, -0.2) is 0 Å². The number of benzene rings is 2. The van der Waals surface area contributed by atoms with Crippen molar-refractivity contribution in [2.45, 2.75) is 6.42 Å². The van der Waals surface area contributed by atoms with E-state index in [1.807, 2.05) is 47.4 Å². The minimum Gasteiger partial charge on any atom is -0.495 e. The lowest BCUT2D eigenvalue weighted by atomic mass is 10.2. The van der Waals surface area contributed by atoms with Crippen molar-refractivity contribution >= 4 is 28.9 Å². The summed E-state index contributed by atoms with van der Waals surface area (Å²) < 4.78 is 5.44. The van der Waals surface area contributed by atoms with Gasteiger partial charge in [-0.1, -0.05) is 35.9 Å². The highest BCUT2D eigenvalue weighted by Crippen LogP contribution is 2.28. The van der Waals surface area contributed by atoms with Crippen LogP contribution in [0.5, 0.6) is 5.75 Å². The number of nitrogens with one attached hydrogen (secondary N) is 1. The van der Waals surface area contributed by atoms with E-state index >= 15 is 0 Å². The van der Waals surface area contributed by atoms with E-state index in [1.165, 1.54) is 0 Å². The maximum atomic E-state index is 12.4. The van der Waals surface area contributed by atoms with Gasteiger partial charge in [0.25, 0.3) is 0 Å². The van der Waals surface area contributed by atoms with Gasteiger partial charge in [0.05, 0.1) is 23.5 Å². The first kappa shape index (κ1) is 18.4. The predicted octanol–water partition coefficient (Wildman–Crippen LogP) is 3.50. The third-order valence-corrected chi connectivity index (χ3v) is 4.92. The maximum Gasteiger partial charge on any atom is 0.224 e. The Hall–Kier alpha value is -2.40. The molecule has 6 heteroatoms. The van der Waals surface area contributed by atoms with Gasteiger partial charge in [-0.05, 0) is 24.3 Å². The zero-order chi connectivity index (χ0) is 18.4. The van der Waals surface area contributed by atoms with Crippen molar-refractivity contribution in [3.8, 4) is 5.75 Å². The topological polar surface area (TPSA) is 44.8 Å². The van der Waals surface area contributed by atoms with Gasteiger partial charge in [-0.3, -0.25) is 4.79 Å². The van der Waals surface area contributed by atoms with E-state index in [9.17, 15) is 4.79 Å². The number of rotatable bonds is 6. The number of methoxy groups -OCH3 is 1.